The number of anilines is 1. The first-order valence-electron chi connectivity index (χ1n) is 9.69. The zero-order valence-corrected chi connectivity index (χ0v) is 16.5. The molecule has 0 aliphatic carbocycles. The smallest absolute Gasteiger partial charge is 0.269 e. The number of fused-ring (bicyclic) bond motifs is 1. The van der Waals surface area contributed by atoms with Gasteiger partial charge in [-0.25, -0.2) is 0 Å². The van der Waals surface area contributed by atoms with E-state index in [1.54, 1.807) is 35.2 Å². The zero-order valence-electron chi connectivity index (χ0n) is 16.5. The average molecular weight is 424 g/mol. The molecule has 10 heteroatoms. The minimum atomic E-state index is -0.596. The van der Waals surface area contributed by atoms with E-state index < -0.39 is 17.7 Å². The molecule has 4 rings (SSSR count). The number of hydrogen-bond acceptors (Lipinski definition) is 6. The number of nitrogens with one attached hydrogen (secondary N) is 3. The maximum Gasteiger partial charge on any atom is 0.269 e. The number of hydrogen-bond donors (Lipinski definition) is 3. The van der Waals surface area contributed by atoms with E-state index in [2.05, 4.69) is 16.2 Å². The molecule has 2 aromatic rings. The summed E-state index contributed by atoms with van der Waals surface area (Å²) in [4.78, 5) is 49.8. The van der Waals surface area contributed by atoms with Crippen molar-refractivity contribution in [2.24, 2.45) is 0 Å². The first-order chi connectivity index (χ1) is 15.0. The summed E-state index contributed by atoms with van der Waals surface area (Å²) in [5, 5.41) is 2.47. The van der Waals surface area contributed by atoms with Crippen LogP contribution in [0.1, 0.15) is 33.6 Å². The van der Waals surface area contributed by atoms with Gasteiger partial charge >= 0.3 is 0 Å². The number of nitrogens with zero attached hydrogens (tertiary/aromatic N) is 1. The zero-order chi connectivity index (χ0) is 21.8. The third kappa shape index (κ3) is 4.58. The van der Waals surface area contributed by atoms with Gasteiger partial charge in [-0.15, -0.1) is 0 Å². The summed E-state index contributed by atoms with van der Waals surface area (Å²) in [5.41, 5.74) is 5.89. The highest BCUT2D eigenvalue weighted by Crippen LogP contribution is 2.32. The molecule has 0 atom stereocenters. The Hall–Kier alpha value is -4.08. The molecular weight excluding hydrogens is 404 g/mol. The molecule has 1 saturated heterocycles. The van der Waals surface area contributed by atoms with Crippen LogP contribution in [0.2, 0.25) is 0 Å². The van der Waals surface area contributed by atoms with Gasteiger partial charge in [0.05, 0.1) is 6.54 Å². The fourth-order valence-corrected chi connectivity index (χ4v) is 3.26. The first kappa shape index (κ1) is 20.2. The van der Waals surface area contributed by atoms with E-state index >= 15 is 0 Å². The number of hydrazine groups is 1. The van der Waals surface area contributed by atoms with Gasteiger partial charge in [0.1, 0.15) is 0 Å². The van der Waals surface area contributed by atoms with Gasteiger partial charge in [-0.3, -0.25) is 30.0 Å². The number of amides is 4. The van der Waals surface area contributed by atoms with Crippen molar-refractivity contribution < 1.29 is 28.7 Å². The van der Waals surface area contributed by atoms with Gasteiger partial charge in [-0.05, 0) is 48.9 Å². The van der Waals surface area contributed by atoms with Crippen molar-refractivity contribution in [3.05, 3.63) is 53.6 Å². The molecule has 0 unspecified atom stereocenters. The molecule has 3 N–H and O–H groups in total. The minimum absolute atomic E-state index is 0.0664. The molecule has 10 nitrogen and oxygen atoms in total. The Morgan fingerprint density at radius 1 is 0.903 bits per heavy atom. The standard InChI is InChI=1S/C21H20N4O6/c26-18(23-24-21(29)14-5-8-16-17(10-14)31-12-30-16)11-22-20(28)13-3-6-15(7-4-13)25-9-1-2-19(25)27/h3-8,10H,1-2,9,11-12H2,(H,22,28)(H,23,26)(H,24,29). The number of rotatable bonds is 5. The Balaban J connectivity index is 1.23. The second-order valence-electron chi connectivity index (χ2n) is 6.95. The van der Waals surface area contributed by atoms with Gasteiger partial charge in [0.15, 0.2) is 11.5 Å². The maximum atomic E-state index is 12.2. The Bertz CT molecular complexity index is 1040. The summed E-state index contributed by atoms with van der Waals surface area (Å²) in [7, 11) is 0. The second-order valence-corrected chi connectivity index (χ2v) is 6.95. The van der Waals surface area contributed by atoms with Crippen molar-refractivity contribution in [2.45, 2.75) is 12.8 Å². The lowest BCUT2D eigenvalue weighted by Gasteiger charge is -2.15. The second kappa shape index (κ2) is 8.74. The quantitative estimate of drug-likeness (QED) is 0.608. The number of ether oxygens (including phenoxy) is 2. The van der Waals surface area contributed by atoms with Crippen LogP contribution in [0.4, 0.5) is 5.69 Å². The number of benzene rings is 2. The minimum Gasteiger partial charge on any atom is -0.454 e. The van der Waals surface area contributed by atoms with Crippen molar-refractivity contribution in [1.29, 1.82) is 0 Å². The fourth-order valence-electron chi connectivity index (χ4n) is 3.26. The van der Waals surface area contributed by atoms with Crippen LogP contribution in [0.25, 0.3) is 0 Å². The third-order valence-electron chi connectivity index (χ3n) is 4.87. The van der Waals surface area contributed by atoms with Crippen LogP contribution < -0.4 is 30.5 Å². The van der Waals surface area contributed by atoms with E-state index in [9.17, 15) is 19.2 Å². The van der Waals surface area contributed by atoms with Crippen LogP contribution in [-0.4, -0.2) is 43.5 Å². The molecule has 2 aliphatic heterocycles. The van der Waals surface area contributed by atoms with Crippen LogP contribution in [-0.2, 0) is 9.59 Å². The Morgan fingerprint density at radius 2 is 1.65 bits per heavy atom. The number of carbonyl (C=O) groups is 4. The molecule has 160 valence electrons. The summed E-state index contributed by atoms with van der Waals surface area (Å²) in [6.45, 7) is 0.436. The van der Waals surface area contributed by atoms with Gasteiger partial charge < -0.3 is 19.7 Å². The van der Waals surface area contributed by atoms with Gasteiger partial charge in [0.25, 0.3) is 17.7 Å². The lowest BCUT2D eigenvalue weighted by molar-refractivity contribution is -0.121. The van der Waals surface area contributed by atoms with E-state index in [4.69, 9.17) is 9.47 Å². The SMILES string of the molecule is O=C(CNC(=O)c1ccc(N2CCCC2=O)cc1)NNC(=O)c1ccc2c(c1)OCO2. The largest absolute Gasteiger partial charge is 0.454 e. The van der Waals surface area contributed by atoms with Crippen LogP contribution in [0.5, 0.6) is 11.5 Å². The normalized spacial score (nSPS) is 14.3. The lowest BCUT2D eigenvalue weighted by atomic mass is 10.2. The van der Waals surface area contributed by atoms with E-state index in [1.807, 2.05) is 0 Å². The molecule has 0 bridgehead atoms. The molecule has 4 amide bonds. The maximum absolute atomic E-state index is 12.2. The van der Waals surface area contributed by atoms with Crippen molar-refractivity contribution in [2.75, 3.05) is 24.8 Å². The van der Waals surface area contributed by atoms with Crippen molar-refractivity contribution in [3.63, 3.8) is 0 Å². The third-order valence-corrected chi connectivity index (χ3v) is 4.87. The van der Waals surface area contributed by atoms with Gasteiger partial charge in [0.2, 0.25) is 12.7 Å². The van der Waals surface area contributed by atoms with Gasteiger partial charge in [-0.2, -0.15) is 0 Å². The van der Waals surface area contributed by atoms with Crippen molar-refractivity contribution in [1.82, 2.24) is 16.2 Å². The summed E-state index contributed by atoms with van der Waals surface area (Å²) in [6.07, 6.45) is 1.35. The summed E-state index contributed by atoms with van der Waals surface area (Å²) < 4.78 is 10.4. The highest BCUT2D eigenvalue weighted by atomic mass is 16.7. The summed E-state index contributed by atoms with van der Waals surface area (Å²) in [6, 6.07) is 11.2. The van der Waals surface area contributed by atoms with E-state index in [0.29, 0.717) is 30.0 Å². The van der Waals surface area contributed by atoms with Crippen LogP contribution in [0.3, 0.4) is 0 Å². The Labute approximate surface area is 177 Å². The van der Waals surface area contributed by atoms with Crippen molar-refractivity contribution in [3.8, 4) is 11.5 Å². The van der Waals surface area contributed by atoms with Gasteiger partial charge in [0, 0.05) is 29.8 Å². The Kier molecular flexibility index (Phi) is 5.69. The van der Waals surface area contributed by atoms with E-state index in [-0.39, 0.29) is 24.8 Å². The fraction of sp³-hybridized carbons (Fsp3) is 0.238. The molecule has 0 saturated carbocycles. The topological polar surface area (TPSA) is 126 Å². The molecule has 0 aromatic heterocycles. The van der Waals surface area contributed by atoms with Gasteiger partial charge in [-0.1, -0.05) is 0 Å². The predicted molar refractivity (Wildman–Crippen MR) is 109 cm³/mol. The predicted octanol–water partition coefficient (Wildman–Crippen LogP) is 0.733. The molecule has 0 spiro atoms. The average Bonchev–Trinajstić information content (AvgIpc) is 3.44. The summed E-state index contributed by atoms with van der Waals surface area (Å²) in [5.74, 6) is -0.519. The van der Waals surface area contributed by atoms with Crippen LogP contribution >= 0.6 is 0 Å². The number of carbonyl (C=O) groups excluding carboxylic acids is 4. The highest BCUT2D eigenvalue weighted by Gasteiger charge is 2.22. The molecule has 2 aliphatic rings. The van der Waals surface area contributed by atoms with Crippen LogP contribution in [0, 0.1) is 0 Å². The lowest BCUT2D eigenvalue weighted by Crippen LogP contribution is -2.46. The molecule has 2 aromatic carbocycles. The summed E-state index contributed by atoms with van der Waals surface area (Å²) >= 11 is 0. The van der Waals surface area contributed by atoms with Crippen LogP contribution in [0.15, 0.2) is 42.5 Å². The molecule has 1 fully saturated rings. The highest BCUT2D eigenvalue weighted by molar-refractivity contribution is 5.99. The molecule has 2 heterocycles. The van der Waals surface area contributed by atoms with E-state index in [0.717, 1.165) is 12.1 Å². The first-order valence-corrected chi connectivity index (χ1v) is 9.69. The molecular formula is C21H20N4O6. The molecule has 0 radical (unpaired) electrons. The monoisotopic (exact) mass is 424 g/mol. The Morgan fingerprint density at radius 3 is 2.39 bits per heavy atom. The van der Waals surface area contributed by atoms with E-state index in [1.165, 1.54) is 12.1 Å². The molecule has 31 heavy (non-hydrogen) atoms. The van der Waals surface area contributed by atoms with Crippen molar-refractivity contribution >= 4 is 29.3 Å².